The highest BCUT2D eigenvalue weighted by Crippen LogP contribution is 2.34. The van der Waals surface area contributed by atoms with E-state index in [4.69, 9.17) is 9.84 Å². The normalized spacial score (nSPS) is 15.0. The van der Waals surface area contributed by atoms with Gasteiger partial charge in [-0.3, -0.25) is 29.1 Å². The molecule has 3 aromatic rings. The van der Waals surface area contributed by atoms with E-state index in [1.54, 1.807) is 23.8 Å². The lowest BCUT2D eigenvalue weighted by atomic mass is 10.1. The second-order valence-corrected chi connectivity index (χ2v) is 7.51. The summed E-state index contributed by atoms with van der Waals surface area (Å²) >= 11 is 1.56. The van der Waals surface area contributed by atoms with Crippen LogP contribution in [0.15, 0.2) is 39.3 Å². The molecule has 3 heterocycles. The second kappa shape index (κ2) is 8.44. The number of fused-ring (bicyclic) bond motifs is 1. The van der Waals surface area contributed by atoms with Crippen molar-refractivity contribution in [1.29, 1.82) is 0 Å². The molecule has 1 aliphatic rings. The number of hydrogen-bond acceptors (Lipinski definition) is 8. The molecule has 0 aliphatic carbocycles. The zero-order chi connectivity index (χ0) is 21.3. The van der Waals surface area contributed by atoms with Crippen molar-refractivity contribution in [3.05, 3.63) is 56.1 Å². The number of hydrogen-bond donors (Lipinski definition) is 5. The molecule has 30 heavy (non-hydrogen) atoms. The standard InChI is InChI=1S/C18H22N6O5S/c1-22-16-15(17(27)19-18(22)28)23(21-16)8-14(26)20-24-10-30-9-12(24)11-4-2-3-5-13(11)29-7-6-25/h2-5,9,14,20-21,25-26H,6-8,10H2,1H3,(H,19,27,28). The molecule has 1 aliphatic heterocycles. The number of benzene rings is 1. The van der Waals surface area contributed by atoms with Crippen LogP contribution in [0.1, 0.15) is 5.56 Å². The van der Waals surface area contributed by atoms with Gasteiger partial charge in [-0.05, 0) is 17.5 Å². The first kappa shape index (κ1) is 20.3. The van der Waals surface area contributed by atoms with Crippen molar-refractivity contribution in [1.82, 2.24) is 29.8 Å². The monoisotopic (exact) mass is 434 g/mol. The van der Waals surface area contributed by atoms with Crippen molar-refractivity contribution in [2.45, 2.75) is 12.8 Å². The van der Waals surface area contributed by atoms with E-state index in [9.17, 15) is 14.7 Å². The van der Waals surface area contributed by atoms with Gasteiger partial charge in [-0.2, -0.15) is 0 Å². The molecule has 2 aromatic heterocycles. The van der Waals surface area contributed by atoms with Crippen LogP contribution in [0.3, 0.4) is 0 Å². The van der Waals surface area contributed by atoms with Crippen LogP contribution in [0.25, 0.3) is 16.9 Å². The number of H-pyrrole nitrogens is 2. The van der Waals surface area contributed by atoms with Crippen LogP contribution in [0, 0.1) is 0 Å². The Kier molecular flexibility index (Phi) is 5.72. The summed E-state index contributed by atoms with van der Waals surface area (Å²) in [6.45, 7) is 0.174. The molecule has 11 nitrogen and oxygen atoms in total. The molecule has 0 radical (unpaired) electrons. The Bertz CT molecular complexity index is 1190. The van der Waals surface area contributed by atoms with Crippen molar-refractivity contribution < 1.29 is 14.9 Å². The maximum absolute atomic E-state index is 12.1. The first-order valence-electron chi connectivity index (χ1n) is 9.23. The van der Waals surface area contributed by atoms with Crippen LogP contribution in [0.5, 0.6) is 5.75 Å². The lowest BCUT2D eigenvalue weighted by molar-refractivity contribution is 0.0589. The summed E-state index contributed by atoms with van der Waals surface area (Å²) in [4.78, 5) is 25.9. The second-order valence-electron chi connectivity index (χ2n) is 6.68. The van der Waals surface area contributed by atoms with E-state index in [1.807, 2.05) is 29.7 Å². The largest absolute Gasteiger partial charge is 0.490 e. The number of aliphatic hydroxyl groups is 2. The SMILES string of the molecule is Cn1c(=O)[nH]c(=O)c2c1[nH]n2CC(O)NN1CSC=C1c1ccccc1OCCO. The fourth-order valence-electron chi connectivity index (χ4n) is 3.25. The maximum atomic E-state index is 12.1. The third-order valence-corrected chi connectivity index (χ3v) is 5.47. The maximum Gasteiger partial charge on any atom is 0.329 e. The predicted molar refractivity (Wildman–Crippen MR) is 113 cm³/mol. The Labute approximate surface area is 174 Å². The summed E-state index contributed by atoms with van der Waals surface area (Å²) < 4.78 is 8.40. The smallest absolute Gasteiger partial charge is 0.329 e. The van der Waals surface area contributed by atoms with Gasteiger partial charge in [0.25, 0.3) is 5.56 Å². The van der Waals surface area contributed by atoms with Gasteiger partial charge in [0, 0.05) is 12.6 Å². The van der Waals surface area contributed by atoms with Gasteiger partial charge < -0.3 is 14.9 Å². The van der Waals surface area contributed by atoms with E-state index in [1.165, 1.54) is 9.25 Å². The molecule has 0 amide bonds. The van der Waals surface area contributed by atoms with Crippen LogP contribution >= 0.6 is 11.8 Å². The van der Waals surface area contributed by atoms with Crippen molar-refractivity contribution >= 4 is 28.6 Å². The van der Waals surface area contributed by atoms with Crippen LogP contribution in [0.2, 0.25) is 0 Å². The topological polar surface area (TPSA) is 141 Å². The molecule has 12 heteroatoms. The lowest BCUT2D eigenvalue weighted by Crippen LogP contribution is -2.45. The number of aromatic nitrogens is 4. The highest BCUT2D eigenvalue weighted by molar-refractivity contribution is 8.02. The molecule has 1 aromatic carbocycles. The van der Waals surface area contributed by atoms with Gasteiger partial charge in [-0.25, -0.2) is 10.2 Å². The molecule has 0 bridgehead atoms. The molecule has 5 N–H and O–H groups in total. The Morgan fingerprint density at radius 2 is 2.13 bits per heavy atom. The summed E-state index contributed by atoms with van der Waals surface area (Å²) in [6, 6.07) is 7.46. The van der Waals surface area contributed by atoms with E-state index < -0.39 is 17.5 Å². The summed E-state index contributed by atoms with van der Waals surface area (Å²) in [6.07, 6.45) is -1.00. The third-order valence-electron chi connectivity index (χ3n) is 4.67. The summed E-state index contributed by atoms with van der Waals surface area (Å²) in [7, 11) is 1.55. The van der Waals surface area contributed by atoms with E-state index >= 15 is 0 Å². The van der Waals surface area contributed by atoms with Gasteiger partial charge >= 0.3 is 5.69 Å². The number of nitrogens with one attached hydrogen (secondary N) is 3. The first-order valence-corrected chi connectivity index (χ1v) is 10.3. The fourth-order valence-corrected chi connectivity index (χ4v) is 4.10. The lowest BCUT2D eigenvalue weighted by Gasteiger charge is -2.28. The van der Waals surface area contributed by atoms with E-state index in [2.05, 4.69) is 15.5 Å². The van der Waals surface area contributed by atoms with Crippen LogP contribution in [0.4, 0.5) is 0 Å². The molecular formula is C18H22N6O5S. The number of aliphatic hydroxyl groups excluding tert-OH is 2. The zero-order valence-corrected chi connectivity index (χ0v) is 17.0. The predicted octanol–water partition coefficient (Wildman–Crippen LogP) is -0.445. The molecule has 1 unspecified atom stereocenters. The van der Waals surface area contributed by atoms with Gasteiger partial charge in [0.05, 0.1) is 24.7 Å². The molecule has 0 saturated carbocycles. The van der Waals surface area contributed by atoms with Crippen molar-refractivity contribution in [3.63, 3.8) is 0 Å². The van der Waals surface area contributed by atoms with Crippen LogP contribution in [-0.2, 0) is 13.6 Å². The molecule has 1 atom stereocenters. The number of nitrogens with zero attached hydrogens (tertiary/aromatic N) is 3. The Morgan fingerprint density at radius 1 is 1.33 bits per heavy atom. The van der Waals surface area contributed by atoms with Gasteiger partial charge in [0.1, 0.15) is 18.6 Å². The zero-order valence-electron chi connectivity index (χ0n) is 16.2. The molecule has 160 valence electrons. The highest BCUT2D eigenvalue weighted by Gasteiger charge is 2.24. The minimum Gasteiger partial charge on any atom is -0.490 e. The summed E-state index contributed by atoms with van der Waals surface area (Å²) in [5.74, 6) is 1.20. The summed E-state index contributed by atoms with van der Waals surface area (Å²) in [5.41, 5.74) is 4.36. The first-order chi connectivity index (χ1) is 14.5. The number of rotatable bonds is 8. The average molecular weight is 434 g/mol. The fraction of sp³-hybridized carbons (Fsp3) is 0.333. The van der Waals surface area contributed by atoms with Crippen molar-refractivity contribution in [3.8, 4) is 5.75 Å². The van der Waals surface area contributed by atoms with Gasteiger partial charge in [-0.15, -0.1) is 11.8 Å². The van der Waals surface area contributed by atoms with Gasteiger partial charge in [0.2, 0.25) is 0 Å². The van der Waals surface area contributed by atoms with E-state index in [0.29, 0.717) is 22.8 Å². The number of thioether (sulfide) groups is 1. The van der Waals surface area contributed by atoms with Gasteiger partial charge in [0.15, 0.2) is 11.2 Å². The average Bonchev–Trinajstić information content (AvgIpc) is 3.15. The van der Waals surface area contributed by atoms with Crippen molar-refractivity contribution in [2.75, 3.05) is 19.1 Å². The minimum absolute atomic E-state index is 0.0748. The molecule has 0 spiro atoms. The number of hydrazine groups is 1. The molecule has 4 rings (SSSR count). The van der Waals surface area contributed by atoms with Gasteiger partial charge in [-0.1, -0.05) is 12.1 Å². The molecule has 0 saturated heterocycles. The van der Waals surface area contributed by atoms with Crippen molar-refractivity contribution in [2.24, 2.45) is 7.05 Å². The Balaban J connectivity index is 1.49. The molecular weight excluding hydrogens is 412 g/mol. The number of para-hydroxylation sites is 1. The summed E-state index contributed by atoms with van der Waals surface area (Å²) in [5, 5.41) is 26.2. The Hall–Kier alpha value is -2.93. The highest BCUT2D eigenvalue weighted by atomic mass is 32.2. The van der Waals surface area contributed by atoms with E-state index in [-0.39, 0.29) is 19.8 Å². The quantitative estimate of drug-likeness (QED) is 0.301. The van der Waals surface area contributed by atoms with Crippen LogP contribution < -0.4 is 21.4 Å². The number of ether oxygens (including phenoxy) is 1. The molecule has 0 fully saturated rings. The van der Waals surface area contributed by atoms with Crippen LogP contribution in [-0.4, -0.2) is 59.9 Å². The van der Waals surface area contributed by atoms with E-state index in [0.717, 1.165) is 11.3 Å². The Morgan fingerprint density at radius 3 is 2.93 bits per heavy atom. The number of aromatic amines is 2. The minimum atomic E-state index is -1.00. The number of aryl methyl sites for hydroxylation is 1. The third kappa shape index (κ3) is 3.77.